The third-order valence-corrected chi connectivity index (χ3v) is 5.26. The van der Waals surface area contributed by atoms with Gasteiger partial charge in [-0.15, -0.1) is 0 Å². The summed E-state index contributed by atoms with van der Waals surface area (Å²) in [6.45, 7) is 5.73. The van der Waals surface area contributed by atoms with Crippen LogP contribution in [0.25, 0.3) is 0 Å². The molecule has 0 saturated carbocycles. The van der Waals surface area contributed by atoms with Crippen molar-refractivity contribution in [2.45, 2.75) is 45.8 Å². The number of halogens is 1. The van der Waals surface area contributed by atoms with Gasteiger partial charge in [0.05, 0.1) is 6.54 Å². The molecule has 1 amide bonds. The normalized spacial score (nSPS) is 14.7. The Labute approximate surface area is 176 Å². The molecule has 6 nitrogen and oxygen atoms in total. The van der Waals surface area contributed by atoms with E-state index >= 15 is 0 Å². The van der Waals surface area contributed by atoms with Crippen molar-refractivity contribution < 1.29 is 18.3 Å². The minimum Gasteiger partial charge on any atom is -0.482 e. The summed E-state index contributed by atoms with van der Waals surface area (Å²) in [6.07, 6.45) is 5.11. The predicted molar refractivity (Wildman–Crippen MR) is 112 cm³/mol. The van der Waals surface area contributed by atoms with E-state index in [1.807, 2.05) is 4.90 Å². The van der Waals surface area contributed by atoms with E-state index in [0.29, 0.717) is 31.8 Å². The third kappa shape index (κ3) is 6.42. The van der Waals surface area contributed by atoms with Gasteiger partial charge in [-0.05, 0) is 24.1 Å². The highest BCUT2D eigenvalue weighted by Gasteiger charge is 2.21. The van der Waals surface area contributed by atoms with Crippen LogP contribution in [-0.2, 0) is 17.9 Å². The number of carbonyl (C=O) groups is 1. The van der Waals surface area contributed by atoms with E-state index < -0.39 is 0 Å². The highest BCUT2D eigenvalue weighted by molar-refractivity contribution is 5.76. The van der Waals surface area contributed by atoms with Crippen LogP contribution in [0.5, 0.6) is 5.75 Å². The zero-order chi connectivity index (χ0) is 21.3. The molecule has 3 rings (SSSR count). The lowest BCUT2D eigenvalue weighted by Crippen LogP contribution is -2.48. The molecule has 0 radical (unpaired) electrons. The molecule has 0 unspecified atom stereocenters. The van der Waals surface area contributed by atoms with Gasteiger partial charge in [0.2, 0.25) is 17.1 Å². The highest BCUT2D eigenvalue weighted by atomic mass is 19.1. The minimum atomic E-state index is -0.315. The number of nitrogens with zero attached hydrogens (tertiary/aromatic N) is 2. The number of hydrogen-bond donors (Lipinski definition) is 0. The molecule has 162 valence electrons. The average molecular weight is 416 g/mol. The molecule has 1 aliphatic rings. The number of unbranched alkanes of at least 4 members (excludes halogenated alkanes) is 2. The zero-order valence-electron chi connectivity index (χ0n) is 17.4. The summed E-state index contributed by atoms with van der Waals surface area (Å²) in [6, 6.07) is 7.37. The van der Waals surface area contributed by atoms with Crippen LogP contribution in [0.2, 0.25) is 0 Å². The largest absolute Gasteiger partial charge is 0.482 e. The van der Waals surface area contributed by atoms with Crippen molar-refractivity contribution in [1.82, 2.24) is 9.80 Å². The Kier molecular flexibility index (Phi) is 8.02. The third-order valence-electron chi connectivity index (χ3n) is 5.26. The standard InChI is InChI=1S/C23H29FN2O4/c1-2-3-4-5-23(28)26-12-10-25(11-13-26)15-20-14-21(27)22(17-29-20)30-16-18-6-8-19(24)9-7-18/h6-9,14,17H,2-5,10-13,15-16H2,1H3. The summed E-state index contributed by atoms with van der Waals surface area (Å²) in [5, 5.41) is 0. The smallest absolute Gasteiger partial charge is 0.227 e. The Morgan fingerprint density at radius 1 is 1.13 bits per heavy atom. The maximum absolute atomic E-state index is 12.9. The summed E-state index contributed by atoms with van der Waals surface area (Å²) < 4.78 is 24.0. The first kappa shape index (κ1) is 22.0. The topological polar surface area (TPSA) is 63.0 Å². The van der Waals surface area contributed by atoms with Crippen molar-refractivity contribution in [3.8, 4) is 5.75 Å². The fourth-order valence-corrected chi connectivity index (χ4v) is 3.43. The van der Waals surface area contributed by atoms with Crippen molar-refractivity contribution in [2.24, 2.45) is 0 Å². The lowest BCUT2D eigenvalue weighted by Gasteiger charge is -2.34. The van der Waals surface area contributed by atoms with E-state index in [4.69, 9.17) is 9.15 Å². The van der Waals surface area contributed by atoms with Crippen LogP contribution in [0.3, 0.4) is 0 Å². The van der Waals surface area contributed by atoms with Gasteiger partial charge in [-0.3, -0.25) is 14.5 Å². The lowest BCUT2D eigenvalue weighted by molar-refractivity contribution is -0.133. The lowest BCUT2D eigenvalue weighted by atomic mass is 10.2. The van der Waals surface area contributed by atoms with Crippen molar-refractivity contribution in [2.75, 3.05) is 26.2 Å². The van der Waals surface area contributed by atoms with Crippen LogP contribution in [0, 0.1) is 5.82 Å². The summed E-state index contributed by atoms with van der Waals surface area (Å²) in [5.74, 6) is 0.615. The van der Waals surface area contributed by atoms with Crippen LogP contribution in [0.4, 0.5) is 4.39 Å². The fraction of sp³-hybridized carbons (Fsp3) is 0.478. The Hall–Kier alpha value is -2.67. The maximum atomic E-state index is 12.9. The van der Waals surface area contributed by atoms with Crippen molar-refractivity contribution in [1.29, 1.82) is 0 Å². The summed E-state index contributed by atoms with van der Waals surface area (Å²) in [7, 11) is 0. The van der Waals surface area contributed by atoms with Gasteiger partial charge in [0, 0.05) is 38.7 Å². The molecular weight excluding hydrogens is 387 g/mol. The molecule has 30 heavy (non-hydrogen) atoms. The van der Waals surface area contributed by atoms with Gasteiger partial charge < -0.3 is 14.1 Å². The summed E-state index contributed by atoms with van der Waals surface area (Å²) in [4.78, 5) is 28.6. The average Bonchev–Trinajstić information content (AvgIpc) is 2.75. The Balaban J connectivity index is 1.46. The van der Waals surface area contributed by atoms with E-state index in [0.717, 1.165) is 37.9 Å². The van der Waals surface area contributed by atoms with E-state index in [2.05, 4.69) is 11.8 Å². The van der Waals surface area contributed by atoms with Gasteiger partial charge >= 0.3 is 0 Å². The van der Waals surface area contributed by atoms with Gasteiger partial charge in [0.15, 0.2) is 0 Å². The molecule has 2 heterocycles. The van der Waals surface area contributed by atoms with Gasteiger partial charge in [-0.1, -0.05) is 31.9 Å². The molecule has 1 aromatic carbocycles. The van der Waals surface area contributed by atoms with Crippen molar-refractivity contribution in [3.63, 3.8) is 0 Å². The van der Waals surface area contributed by atoms with Gasteiger partial charge in [-0.25, -0.2) is 4.39 Å². The van der Waals surface area contributed by atoms with E-state index in [1.165, 1.54) is 24.5 Å². The van der Waals surface area contributed by atoms with Crippen LogP contribution in [-0.4, -0.2) is 41.9 Å². The summed E-state index contributed by atoms with van der Waals surface area (Å²) >= 11 is 0. The second-order valence-electron chi connectivity index (χ2n) is 7.60. The molecule has 0 spiro atoms. The number of ether oxygens (including phenoxy) is 1. The first-order valence-electron chi connectivity index (χ1n) is 10.5. The van der Waals surface area contributed by atoms with E-state index in [9.17, 15) is 14.0 Å². The number of amides is 1. The first-order chi connectivity index (χ1) is 14.5. The minimum absolute atomic E-state index is 0.130. The molecule has 2 aromatic rings. The van der Waals surface area contributed by atoms with Crippen LogP contribution >= 0.6 is 0 Å². The number of rotatable bonds is 9. The molecule has 0 atom stereocenters. The van der Waals surface area contributed by atoms with Gasteiger partial charge in [0.25, 0.3) is 0 Å². The summed E-state index contributed by atoms with van der Waals surface area (Å²) in [5.41, 5.74) is 0.519. The monoisotopic (exact) mass is 416 g/mol. The van der Waals surface area contributed by atoms with Crippen molar-refractivity contribution >= 4 is 5.91 Å². The van der Waals surface area contributed by atoms with E-state index in [1.54, 1.807) is 12.1 Å². The molecule has 1 saturated heterocycles. The number of hydrogen-bond acceptors (Lipinski definition) is 5. The van der Waals surface area contributed by atoms with E-state index in [-0.39, 0.29) is 29.5 Å². The second-order valence-corrected chi connectivity index (χ2v) is 7.60. The zero-order valence-corrected chi connectivity index (χ0v) is 17.4. The highest BCUT2D eigenvalue weighted by Crippen LogP contribution is 2.13. The van der Waals surface area contributed by atoms with Gasteiger partial charge in [0.1, 0.15) is 24.4 Å². The predicted octanol–water partition coefficient (Wildman–Crippen LogP) is 3.58. The molecule has 1 aromatic heterocycles. The molecule has 1 fully saturated rings. The SMILES string of the molecule is CCCCCC(=O)N1CCN(Cc2cc(=O)c(OCc3ccc(F)cc3)co2)CC1. The van der Waals surface area contributed by atoms with Crippen LogP contribution < -0.4 is 10.2 Å². The van der Waals surface area contributed by atoms with Crippen molar-refractivity contribution in [3.05, 3.63) is 64.0 Å². The number of benzene rings is 1. The quantitative estimate of drug-likeness (QED) is 0.585. The molecule has 1 aliphatic heterocycles. The maximum Gasteiger partial charge on any atom is 0.227 e. The van der Waals surface area contributed by atoms with Crippen LogP contribution in [0.1, 0.15) is 43.9 Å². The van der Waals surface area contributed by atoms with Crippen LogP contribution in [0.15, 0.2) is 45.8 Å². The number of piperazine rings is 1. The number of carbonyl (C=O) groups excluding carboxylic acids is 1. The molecule has 0 aliphatic carbocycles. The molecular formula is C23H29FN2O4. The Bertz CT molecular complexity index is 874. The Morgan fingerprint density at radius 3 is 2.53 bits per heavy atom. The molecule has 0 bridgehead atoms. The first-order valence-corrected chi connectivity index (χ1v) is 10.5. The Morgan fingerprint density at radius 2 is 1.87 bits per heavy atom. The second kappa shape index (κ2) is 10.9. The molecule has 0 N–H and O–H groups in total. The molecule has 7 heteroatoms. The van der Waals surface area contributed by atoms with Gasteiger partial charge in [-0.2, -0.15) is 0 Å². The fourth-order valence-electron chi connectivity index (χ4n) is 3.43.